The molecule has 0 saturated heterocycles. The van der Waals surface area contributed by atoms with Crippen LogP contribution in [-0.4, -0.2) is 38.8 Å². The molecule has 0 aliphatic heterocycles. The van der Waals surface area contributed by atoms with E-state index in [-0.39, 0.29) is 5.75 Å². The molecule has 0 fully saturated rings. The summed E-state index contributed by atoms with van der Waals surface area (Å²) in [5, 5.41) is 0. The van der Waals surface area contributed by atoms with Crippen molar-refractivity contribution in [3.05, 3.63) is 0 Å². The summed E-state index contributed by atoms with van der Waals surface area (Å²) >= 11 is 0. The van der Waals surface area contributed by atoms with E-state index in [1.807, 2.05) is 0 Å². The third kappa shape index (κ3) is 12.1. The molecule has 0 N–H and O–H groups in total. The van der Waals surface area contributed by atoms with Gasteiger partial charge in [-0.05, 0) is 0 Å². The normalized spacial score (nSPS) is 14.0. The molecule has 5 heteroatoms. The summed E-state index contributed by atoms with van der Waals surface area (Å²) in [6, 6.07) is 0. The van der Waals surface area contributed by atoms with Gasteiger partial charge in [0.15, 0.2) is 0 Å². The van der Waals surface area contributed by atoms with Crippen LogP contribution in [0, 0.1) is 0 Å². The zero-order chi connectivity index (χ0) is 22.1. The van der Waals surface area contributed by atoms with Gasteiger partial charge >= 0.3 is 171 Å². The summed E-state index contributed by atoms with van der Waals surface area (Å²) in [4.78, 5) is 0. The second kappa shape index (κ2) is 16.0. The molecule has 178 valence electrons. The average molecular weight is 453 g/mol. The standard InChI is InChI=1S/C24H53O3PS/c1-6-11-14-15-16-17-18-19-20-21-24-29(25,26)27-28(9-4,10-5,22-12-7-2)23-13-8-3/h6-24H2,1-5H3. The fourth-order valence-electron chi connectivity index (χ4n) is 4.39. The molecule has 0 amide bonds. The molecule has 0 heterocycles. The van der Waals surface area contributed by atoms with Crippen molar-refractivity contribution in [3.8, 4) is 0 Å². The molecule has 0 atom stereocenters. The average Bonchev–Trinajstić information content (AvgIpc) is 2.72. The molecule has 3 nitrogen and oxygen atoms in total. The molecule has 0 spiro atoms. The van der Waals surface area contributed by atoms with Gasteiger partial charge in [-0.15, -0.1) is 0 Å². The Morgan fingerprint density at radius 3 is 1.31 bits per heavy atom. The van der Waals surface area contributed by atoms with Crippen LogP contribution in [-0.2, 0) is 14.1 Å². The predicted octanol–water partition coefficient (Wildman–Crippen LogP) is 8.36. The fourth-order valence-corrected chi connectivity index (χ4v) is 13.4. The molecule has 0 aliphatic carbocycles. The Balaban J connectivity index is 4.56. The van der Waals surface area contributed by atoms with Crippen molar-refractivity contribution in [1.29, 1.82) is 0 Å². The van der Waals surface area contributed by atoms with Gasteiger partial charge in [0.1, 0.15) is 0 Å². The maximum absolute atomic E-state index is 12.9. The minimum atomic E-state index is -3.43. The second-order valence-electron chi connectivity index (χ2n) is 9.16. The van der Waals surface area contributed by atoms with Crippen molar-refractivity contribution in [2.75, 3.05) is 30.4 Å². The van der Waals surface area contributed by atoms with Crippen molar-refractivity contribution >= 4 is 16.9 Å². The zero-order valence-electron chi connectivity index (χ0n) is 20.5. The first-order valence-electron chi connectivity index (χ1n) is 12.8. The van der Waals surface area contributed by atoms with Crippen molar-refractivity contribution in [2.45, 2.75) is 125 Å². The zero-order valence-corrected chi connectivity index (χ0v) is 22.2. The van der Waals surface area contributed by atoms with Crippen molar-refractivity contribution in [3.63, 3.8) is 0 Å². The topological polar surface area (TPSA) is 43.4 Å². The van der Waals surface area contributed by atoms with Crippen LogP contribution in [0.5, 0.6) is 0 Å². The number of rotatable bonds is 21. The van der Waals surface area contributed by atoms with E-state index in [9.17, 15) is 8.42 Å². The summed E-state index contributed by atoms with van der Waals surface area (Å²) in [7, 11) is -3.43. The molecule has 0 aromatic heterocycles. The van der Waals surface area contributed by atoms with Gasteiger partial charge in [0, 0.05) is 0 Å². The van der Waals surface area contributed by atoms with Gasteiger partial charge in [-0.1, -0.05) is 13.3 Å². The van der Waals surface area contributed by atoms with Crippen molar-refractivity contribution < 1.29 is 12.4 Å². The Kier molecular flexibility index (Phi) is 16.2. The van der Waals surface area contributed by atoms with Crippen LogP contribution >= 0.6 is 6.83 Å². The molecule has 0 rings (SSSR count). The van der Waals surface area contributed by atoms with Gasteiger partial charge < -0.3 is 0 Å². The molecule has 0 saturated carbocycles. The van der Waals surface area contributed by atoms with Crippen LogP contribution in [0.15, 0.2) is 0 Å². The molecule has 0 aromatic rings. The van der Waals surface area contributed by atoms with Gasteiger partial charge in [-0.25, -0.2) is 0 Å². The molecule has 0 aliphatic rings. The van der Waals surface area contributed by atoms with E-state index in [1.165, 1.54) is 44.9 Å². The third-order valence-electron chi connectivity index (χ3n) is 6.83. The number of hydrogen-bond donors (Lipinski definition) is 0. The Hall–Kier alpha value is 0.340. The monoisotopic (exact) mass is 452 g/mol. The van der Waals surface area contributed by atoms with Crippen LogP contribution in [0.1, 0.15) is 125 Å². The summed E-state index contributed by atoms with van der Waals surface area (Å²) in [5.41, 5.74) is 0. The first-order valence-corrected chi connectivity index (χ1v) is 17.2. The van der Waals surface area contributed by atoms with E-state index >= 15 is 0 Å². The molecular weight excluding hydrogens is 399 g/mol. The summed E-state index contributed by atoms with van der Waals surface area (Å²) in [6.07, 6.45) is 20.3. The first kappa shape index (κ1) is 29.3. The quantitative estimate of drug-likeness (QED) is 0.130. The van der Waals surface area contributed by atoms with Crippen molar-refractivity contribution in [1.82, 2.24) is 0 Å². The summed E-state index contributed by atoms with van der Waals surface area (Å²) in [5.74, 6) is 0.208. The van der Waals surface area contributed by atoms with Crippen LogP contribution in [0.3, 0.4) is 0 Å². The Morgan fingerprint density at radius 1 is 0.552 bits per heavy atom. The Labute approximate surface area is 184 Å². The van der Waals surface area contributed by atoms with Gasteiger partial charge in [0.05, 0.1) is 0 Å². The fraction of sp³-hybridized carbons (Fsp3) is 1.00. The molecule has 0 unspecified atom stereocenters. The van der Waals surface area contributed by atoms with E-state index in [1.54, 1.807) is 0 Å². The molecular formula is C24H53O3PS. The molecule has 0 aromatic carbocycles. The van der Waals surface area contributed by atoms with E-state index in [0.29, 0.717) is 0 Å². The van der Waals surface area contributed by atoms with Crippen LogP contribution in [0.2, 0.25) is 0 Å². The predicted molar refractivity (Wildman–Crippen MR) is 134 cm³/mol. The minimum absolute atomic E-state index is 0.208. The van der Waals surface area contributed by atoms with Gasteiger partial charge in [-0.3, -0.25) is 0 Å². The summed E-state index contributed by atoms with van der Waals surface area (Å²) < 4.78 is 32.2. The molecule has 0 radical (unpaired) electrons. The van der Waals surface area contributed by atoms with Crippen LogP contribution in [0.25, 0.3) is 0 Å². The van der Waals surface area contributed by atoms with Gasteiger partial charge in [0.25, 0.3) is 0 Å². The molecule has 0 bridgehead atoms. The SMILES string of the molecule is CCCCCCCCCCCCS(=O)(=O)OP(CC)(CC)(CCCC)CCCC. The van der Waals surface area contributed by atoms with E-state index in [4.69, 9.17) is 3.97 Å². The maximum atomic E-state index is 12.9. The third-order valence-corrected chi connectivity index (χ3v) is 16.3. The van der Waals surface area contributed by atoms with E-state index in [0.717, 1.165) is 69.6 Å². The van der Waals surface area contributed by atoms with E-state index in [2.05, 4.69) is 34.6 Å². The van der Waals surface area contributed by atoms with Gasteiger partial charge in [0.2, 0.25) is 0 Å². The summed E-state index contributed by atoms with van der Waals surface area (Å²) in [6.45, 7) is 8.32. The van der Waals surface area contributed by atoms with Gasteiger partial charge in [-0.2, -0.15) is 0 Å². The van der Waals surface area contributed by atoms with Crippen LogP contribution < -0.4 is 0 Å². The number of unbranched alkanes of at least 4 members (excludes halogenated alkanes) is 11. The molecule has 29 heavy (non-hydrogen) atoms. The Bertz CT molecular complexity index is 474. The van der Waals surface area contributed by atoms with Crippen molar-refractivity contribution in [2.24, 2.45) is 0 Å². The number of hydrogen-bond acceptors (Lipinski definition) is 3. The second-order valence-corrected chi connectivity index (χ2v) is 17.2. The first-order chi connectivity index (χ1) is 13.8. The van der Waals surface area contributed by atoms with E-state index < -0.39 is 16.9 Å². The Morgan fingerprint density at radius 2 is 0.931 bits per heavy atom. The van der Waals surface area contributed by atoms with Crippen LogP contribution in [0.4, 0.5) is 0 Å².